The first kappa shape index (κ1) is 24.9. The quantitative estimate of drug-likeness (QED) is 0.483. The van der Waals surface area contributed by atoms with Crippen LogP contribution < -0.4 is 19.7 Å². The Bertz CT molecular complexity index is 1180. The first-order chi connectivity index (χ1) is 17.0. The number of hydrogen-bond acceptors (Lipinski definition) is 5. The fourth-order valence-corrected chi connectivity index (χ4v) is 4.45. The summed E-state index contributed by atoms with van der Waals surface area (Å²) in [5.41, 5.74) is 4.99. The number of benzene rings is 3. The molecule has 4 rings (SSSR count). The Labute approximate surface area is 212 Å². The number of carbonyl (C=O) groups excluding carboxylic acids is 1. The Morgan fingerprint density at radius 2 is 1.69 bits per heavy atom. The van der Waals surface area contributed by atoms with Crippen molar-refractivity contribution in [3.05, 3.63) is 87.9 Å². The predicted octanol–water partition coefficient (Wildman–Crippen LogP) is 4.92. The summed E-state index contributed by atoms with van der Waals surface area (Å²) < 4.78 is 10.8. The molecule has 0 radical (unpaired) electrons. The Hall–Kier alpha value is -3.22. The number of rotatable bonds is 8. The maximum absolute atomic E-state index is 12.5. The third kappa shape index (κ3) is 6.27. The minimum absolute atomic E-state index is 0.0982. The smallest absolute Gasteiger partial charge is 0.251 e. The van der Waals surface area contributed by atoms with Crippen LogP contribution in [-0.2, 0) is 13.1 Å². The number of nitrogens with one attached hydrogen (secondary N) is 1. The zero-order valence-corrected chi connectivity index (χ0v) is 21.3. The monoisotopic (exact) mass is 493 g/mol. The molecule has 184 valence electrons. The molecule has 7 heteroatoms. The average molecular weight is 494 g/mol. The Morgan fingerprint density at radius 1 is 0.914 bits per heavy atom. The normalized spacial score (nSPS) is 14.0. The van der Waals surface area contributed by atoms with Crippen molar-refractivity contribution in [2.75, 3.05) is 45.3 Å². The molecule has 1 amide bonds. The Balaban J connectivity index is 1.31. The molecule has 0 bridgehead atoms. The van der Waals surface area contributed by atoms with Crippen LogP contribution in [0.2, 0.25) is 5.02 Å². The number of anilines is 1. The number of aryl methyl sites for hydroxylation is 1. The van der Waals surface area contributed by atoms with Crippen molar-refractivity contribution in [2.45, 2.75) is 20.0 Å². The number of nitrogens with zero attached hydrogens (tertiary/aromatic N) is 2. The van der Waals surface area contributed by atoms with Gasteiger partial charge in [0.25, 0.3) is 5.91 Å². The van der Waals surface area contributed by atoms with E-state index in [1.165, 1.54) is 11.3 Å². The molecule has 35 heavy (non-hydrogen) atoms. The summed E-state index contributed by atoms with van der Waals surface area (Å²) in [7, 11) is 3.32. The first-order valence-corrected chi connectivity index (χ1v) is 12.2. The number of amides is 1. The van der Waals surface area contributed by atoms with E-state index in [4.69, 9.17) is 21.1 Å². The summed E-state index contributed by atoms with van der Waals surface area (Å²) in [6.07, 6.45) is 0. The molecule has 1 aliphatic heterocycles. The zero-order valence-electron chi connectivity index (χ0n) is 20.5. The highest BCUT2D eigenvalue weighted by Crippen LogP contribution is 2.28. The maximum Gasteiger partial charge on any atom is 0.251 e. The Kier molecular flexibility index (Phi) is 8.16. The molecule has 0 aromatic heterocycles. The van der Waals surface area contributed by atoms with Crippen LogP contribution in [0, 0.1) is 6.92 Å². The van der Waals surface area contributed by atoms with Crippen molar-refractivity contribution in [3.63, 3.8) is 0 Å². The number of methoxy groups -OCH3 is 2. The number of halogens is 1. The van der Waals surface area contributed by atoms with E-state index in [-0.39, 0.29) is 5.91 Å². The summed E-state index contributed by atoms with van der Waals surface area (Å²) in [6.45, 7) is 7.12. The van der Waals surface area contributed by atoms with E-state index in [0.717, 1.165) is 55.3 Å². The van der Waals surface area contributed by atoms with Gasteiger partial charge in [0.15, 0.2) is 11.5 Å². The van der Waals surface area contributed by atoms with Crippen molar-refractivity contribution >= 4 is 23.2 Å². The van der Waals surface area contributed by atoms with Crippen molar-refractivity contribution in [1.82, 2.24) is 10.2 Å². The Morgan fingerprint density at radius 3 is 2.40 bits per heavy atom. The molecule has 0 saturated carbocycles. The van der Waals surface area contributed by atoms with Gasteiger partial charge in [-0.3, -0.25) is 9.69 Å². The van der Waals surface area contributed by atoms with Gasteiger partial charge >= 0.3 is 0 Å². The van der Waals surface area contributed by atoms with Crippen molar-refractivity contribution < 1.29 is 14.3 Å². The molecule has 1 saturated heterocycles. The topological polar surface area (TPSA) is 54.0 Å². The highest BCUT2D eigenvalue weighted by Gasteiger charge is 2.18. The van der Waals surface area contributed by atoms with Crippen LogP contribution in [-0.4, -0.2) is 51.2 Å². The largest absolute Gasteiger partial charge is 0.493 e. The molecule has 0 aliphatic carbocycles. The van der Waals surface area contributed by atoms with Crippen LogP contribution in [0.15, 0.2) is 60.7 Å². The van der Waals surface area contributed by atoms with Gasteiger partial charge in [0.05, 0.1) is 14.2 Å². The minimum Gasteiger partial charge on any atom is -0.493 e. The van der Waals surface area contributed by atoms with Gasteiger partial charge < -0.3 is 19.7 Å². The molecule has 3 aromatic carbocycles. The predicted molar refractivity (Wildman–Crippen MR) is 141 cm³/mol. The van der Waals surface area contributed by atoms with Crippen molar-refractivity contribution in [3.8, 4) is 11.5 Å². The van der Waals surface area contributed by atoms with Gasteiger partial charge in [-0.1, -0.05) is 29.8 Å². The fraction of sp³-hybridized carbons (Fsp3) is 0.321. The van der Waals surface area contributed by atoms with Gasteiger partial charge in [-0.2, -0.15) is 0 Å². The minimum atomic E-state index is -0.0982. The highest BCUT2D eigenvalue weighted by atomic mass is 35.5. The lowest BCUT2D eigenvalue weighted by molar-refractivity contribution is 0.0951. The lowest BCUT2D eigenvalue weighted by atomic mass is 10.1. The van der Waals surface area contributed by atoms with E-state index in [9.17, 15) is 4.79 Å². The fourth-order valence-electron chi connectivity index (χ4n) is 4.33. The maximum atomic E-state index is 12.5. The molecule has 0 unspecified atom stereocenters. The second kappa shape index (κ2) is 11.5. The molecular weight excluding hydrogens is 462 g/mol. The van der Waals surface area contributed by atoms with Crippen molar-refractivity contribution in [2.24, 2.45) is 0 Å². The number of piperazine rings is 1. The van der Waals surface area contributed by atoms with Crippen LogP contribution >= 0.6 is 11.6 Å². The van der Waals surface area contributed by atoms with E-state index in [1.807, 2.05) is 31.2 Å². The number of ether oxygens (including phenoxy) is 2. The highest BCUT2D eigenvalue weighted by molar-refractivity contribution is 6.31. The number of carbonyl (C=O) groups is 1. The summed E-state index contributed by atoms with van der Waals surface area (Å²) in [4.78, 5) is 17.4. The summed E-state index contributed by atoms with van der Waals surface area (Å²) >= 11 is 6.07. The molecule has 1 heterocycles. The third-order valence-electron chi connectivity index (χ3n) is 6.38. The van der Waals surface area contributed by atoms with E-state index in [1.54, 1.807) is 26.4 Å². The van der Waals surface area contributed by atoms with E-state index in [0.29, 0.717) is 17.1 Å². The van der Waals surface area contributed by atoms with Gasteiger partial charge in [0.1, 0.15) is 0 Å². The molecule has 1 aliphatic rings. The standard InChI is InChI=1S/C28H32ClN3O3/c1-20-15-23(8-9-25(20)29)28(33)30-18-21-5-4-6-24(16-21)32-13-11-31(12-14-32)19-22-7-10-26(34-2)27(17-22)35-3/h4-10,15-17H,11-14,18-19H2,1-3H3,(H,30,33). The summed E-state index contributed by atoms with van der Waals surface area (Å²) in [5.74, 6) is 1.41. The average Bonchev–Trinajstić information content (AvgIpc) is 2.89. The lowest BCUT2D eigenvalue weighted by Gasteiger charge is -2.36. The van der Waals surface area contributed by atoms with E-state index in [2.05, 4.69) is 39.4 Å². The molecule has 0 atom stereocenters. The molecule has 0 spiro atoms. The number of hydrogen-bond donors (Lipinski definition) is 1. The van der Waals surface area contributed by atoms with E-state index < -0.39 is 0 Å². The van der Waals surface area contributed by atoms with Gasteiger partial charge in [0, 0.05) is 55.5 Å². The third-order valence-corrected chi connectivity index (χ3v) is 6.80. The second-order valence-electron chi connectivity index (χ2n) is 8.77. The molecular formula is C28H32ClN3O3. The van der Waals surface area contributed by atoms with Gasteiger partial charge in [-0.15, -0.1) is 0 Å². The van der Waals surface area contributed by atoms with E-state index >= 15 is 0 Å². The van der Waals surface area contributed by atoms with Crippen LogP contribution in [0.4, 0.5) is 5.69 Å². The summed E-state index contributed by atoms with van der Waals surface area (Å²) in [5, 5.41) is 3.68. The molecule has 1 N–H and O–H groups in total. The van der Waals surface area contributed by atoms with Crippen LogP contribution in [0.3, 0.4) is 0 Å². The molecule has 3 aromatic rings. The van der Waals surface area contributed by atoms with Gasteiger partial charge in [-0.05, 0) is 66.1 Å². The second-order valence-corrected chi connectivity index (χ2v) is 9.18. The SMILES string of the molecule is COc1ccc(CN2CCN(c3cccc(CNC(=O)c4ccc(Cl)c(C)c4)c3)CC2)cc1OC. The summed E-state index contributed by atoms with van der Waals surface area (Å²) in [6, 6.07) is 19.8. The van der Waals surface area contributed by atoms with Gasteiger partial charge in [-0.25, -0.2) is 0 Å². The zero-order chi connectivity index (χ0) is 24.8. The van der Waals surface area contributed by atoms with Crippen LogP contribution in [0.1, 0.15) is 27.0 Å². The van der Waals surface area contributed by atoms with Crippen LogP contribution in [0.5, 0.6) is 11.5 Å². The molecule has 6 nitrogen and oxygen atoms in total. The lowest BCUT2D eigenvalue weighted by Crippen LogP contribution is -2.46. The molecule has 1 fully saturated rings. The van der Waals surface area contributed by atoms with Crippen LogP contribution in [0.25, 0.3) is 0 Å². The van der Waals surface area contributed by atoms with Crippen molar-refractivity contribution in [1.29, 1.82) is 0 Å². The van der Waals surface area contributed by atoms with Gasteiger partial charge in [0.2, 0.25) is 0 Å². The first-order valence-electron chi connectivity index (χ1n) is 11.8.